The zero-order chi connectivity index (χ0) is 32.7. The summed E-state index contributed by atoms with van der Waals surface area (Å²) in [5, 5.41) is 48.2. The number of carbonyl (C=O) groups is 3. The normalized spacial score (nSPS) is 27.6. The molecule has 2 fully saturated rings. The van der Waals surface area contributed by atoms with E-state index in [1.54, 1.807) is 19.0 Å². The largest absolute Gasteiger partial charge is 0.508 e. The second kappa shape index (κ2) is 10.7. The Bertz CT molecular complexity index is 1710. The molecule has 9 nitrogen and oxygen atoms in total. The summed E-state index contributed by atoms with van der Waals surface area (Å²) in [5.74, 6) is -5.55. The van der Waals surface area contributed by atoms with E-state index >= 15 is 0 Å². The van der Waals surface area contributed by atoms with Crippen LogP contribution in [0.5, 0.6) is 5.75 Å². The van der Waals surface area contributed by atoms with Crippen molar-refractivity contribution in [2.45, 2.75) is 76.9 Å². The molecule has 0 saturated heterocycles. The van der Waals surface area contributed by atoms with Crippen LogP contribution in [0.3, 0.4) is 0 Å². The molecule has 0 spiro atoms. The number of aromatic hydroxyl groups is 1. The van der Waals surface area contributed by atoms with Gasteiger partial charge in [0.15, 0.2) is 17.2 Å². The third kappa shape index (κ3) is 4.53. The predicted octanol–water partition coefficient (Wildman–Crippen LogP) is 4.80. The molecule has 2 aromatic rings. The number of Topliss-reactive ketones (excluding diaryl/α,β-unsaturated/α-hetero) is 3. The Hall–Kier alpha value is -3.69. The number of likely N-dealkylation sites (N-methyl/N-ethyl adjacent to an activating group) is 1. The first-order valence-electron chi connectivity index (χ1n) is 16.0. The van der Waals surface area contributed by atoms with Gasteiger partial charge in [-0.25, -0.2) is 0 Å². The van der Waals surface area contributed by atoms with Gasteiger partial charge in [-0.1, -0.05) is 31.9 Å². The molecular formula is C36H44N2O7. The van der Waals surface area contributed by atoms with Crippen molar-refractivity contribution in [1.29, 1.82) is 0 Å². The van der Waals surface area contributed by atoms with E-state index in [-0.39, 0.29) is 29.7 Å². The molecule has 0 radical (unpaired) electrons. The van der Waals surface area contributed by atoms with Crippen LogP contribution in [0.1, 0.15) is 69.1 Å². The first-order valence-corrected chi connectivity index (χ1v) is 16.0. The van der Waals surface area contributed by atoms with Crippen LogP contribution in [0, 0.1) is 17.3 Å². The number of carbonyl (C=O) groups excluding carboxylic acids is 3. The molecule has 4 aliphatic rings. The van der Waals surface area contributed by atoms with Crippen LogP contribution < -0.4 is 4.90 Å². The van der Waals surface area contributed by atoms with Crippen LogP contribution in [-0.4, -0.2) is 82.5 Å². The summed E-state index contributed by atoms with van der Waals surface area (Å²) in [6, 6.07) is 5.05. The summed E-state index contributed by atoms with van der Waals surface area (Å²) in [5.41, 5.74) is -0.261. The third-order valence-electron chi connectivity index (χ3n) is 11.1. The van der Waals surface area contributed by atoms with Gasteiger partial charge >= 0.3 is 0 Å². The Morgan fingerprint density at radius 2 is 1.69 bits per heavy atom. The van der Waals surface area contributed by atoms with Gasteiger partial charge < -0.3 is 25.3 Å². The molecule has 0 bridgehead atoms. The van der Waals surface area contributed by atoms with Crippen molar-refractivity contribution in [3.63, 3.8) is 0 Å². The van der Waals surface area contributed by atoms with Crippen LogP contribution in [0.2, 0.25) is 0 Å². The summed E-state index contributed by atoms with van der Waals surface area (Å²) in [6.07, 6.45) is 7.21. The number of phenols is 1. The number of aliphatic hydroxyl groups excluding tert-OH is 2. The second-order valence-electron chi connectivity index (χ2n) is 14.5. The Morgan fingerprint density at radius 3 is 2.29 bits per heavy atom. The lowest BCUT2D eigenvalue weighted by molar-refractivity contribution is -0.153. The topological polar surface area (TPSA) is 139 Å². The number of nitrogens with zero attached hydrogens (tertiary/aromatic N) is 2. The molecule has 0 amide bonds. The summed E-state index contributed by atoms with van der Waals surface area (Å²) in [6.45, 7) is 3.45. The van der Waals surface area contributed by atoms with Gasteiger partial charge in [0.2, 0.25) is 5.78 Å². The lowest BCUT2D eigenvalue weighted by Gasteiger charge is -2.50. The Labute approximate surface area is 263 Å². The number of hydrogen-bond donors (Lipinski definition) is 4. The van der Waals surface area contributed by atoms with E-state index in [4.69, 9.17) is 0 Å². The van der Waals surface area contributed by atoms with Crippen molar-refractivity contribution >= 4 is 39.6 Å². The van der Waals surface area contributed by atoms with Crippen molar-refractivity contribution in [3.8, 4) is 5.75 Å². The van der Waals surface area contributed by atoms with Gasteiger partial charge in [-0.2, -0.15) is 0 Å². The number of phenolic OH excluding ortho intramolecular Hbond substituents is 1. The van der Waals surface area contributed by atoms with Crippen molar-refractivity contribution in [1.82, 2.24) is 4.90 Å². The standard InChI is InChI=1S/C36H44N2O7/c1-18(39)25-32(42)29(38(5)6)24-17-20-16-23-27(31(41)26(20)34(44)36(24,45)33(25)43)30(40)22-15-19(9-10-21(22)28(23)37(3)4)11-14-35(2)12-7-8-13-35/h9-10,15,20,24,29,40-41,43,45H,7-8,11-14,16-17H2,1-6H3/t20-,24-,29-,36+/m0/s1. The number of hydrogen-bond acceptors (Lipinski definition) is 9. The number of benzene rings is 2. The van der Waals surface area contributed by atoms with Crippen LogP contribution in [-0.2, 0) is 27.2 Å². The highest BCUT2D eigenvalue weighted by Gasteiger charge is 2.64. The number of anilines is 1. The van der Waals surface area contributed by atoms with Crippen LogP contribution in [0.15, 0.2) is 35.1 Å². The lowest BCUT2D eigenvalue weighted by Crippen LogP contribution is -2.65. The van der Waals surface area contributed by atoms with Gasteiger partial charge in [0.25, 0.3) is 0 Å². The maximum atomic E-state index is 14.3. The number of aliphatic hydroxyl groups is 3. The molecule has 4 aliphatic carbocycles. The predicted molar refractivity (Wildman–Crippen MR) is 172 cm³/mol. The second-order valence-corrected chi connectivity index (χ2v) is 14.5. The quantitative estimate of drug-likeness (QED) is 0.337. The van der Waals surface area contributed by atoms with E-state index in [2.05, 4.69) is 13.0 Å². The molecule has 9 heteroatoms. The van der Waals surface area contributed by atoms with E-state index in [9.17, 15) is 34.8 Å². The first-order chi connectivity index (χ1) is 21.1. The van der Waals surface area contributed by atoms with Gasteiger partial charge in [-0.3, -0.25) is 19.3 Å². The monoisotopic (exact) mass is 616 g/mol. The van der Waals surface area contributed by atoms with E-state index in [0.717, 1.165) is 36.4 Å². The average Bonchev–Trinajstić information content (AvgIpc) is 3.40. The van der Waals surface area contributed by atoms with Crippen LogP contribution >= 0.6 is 0 Å². The summed E-state index contributed by atoms with van der Waals surface area (Å²) in [7, 11) is 7.05. The average molecular weight is 617 g/mol. The molecule has 0 heterocycles. The van der Waals surface area contributed by atoms with Crippen LogP contribution in [0.4, 0.5) is 5.69 Å². The van der Waals surface area contributed by atoms with E-state index < -0.39 is 57.9 Å². The zero-order valence-electron chi connectivity index (χ0n) is 27.0. The minimum Gasteiger partial charge on any atom is -0.508 e. The first kappa shape index (κ1) is 31.3. The molecule has 4 atom stereocenters. The van der Waals surface area contributed by atoms with Crippen LogP contribution in [0.25, 0.3) is 16.5 Å². The molecule has 0 aliphatic heterocycles. The number of aryl methyl sites for hydroxylation is 1. The number of ketones is 3. The Balaban J connectivity index is 1.52. The SMILES string of the molecule is CC(=O)C1=C(O)[C@@]2(O)C(=O)C3=C(O)c4c(c(N(C)C)c5ccc(CCC6(C)CCCC6)cc5c4O)C[C@H]3C[C@H]2[C@H](N(C)C)C1=O. The molecular weight excluding hydrogens is 572 g/mol. The fourth-order valence-corrected chi connectivity index (χ4v) is 8.83. The molecule has 0 unspecified atom stereocenters. The van der Waals surface area contributed by atoms with Crippen molar-refractivity contribution in [2.75, 3.05) is 33.1 Å². The Morgan fingerprint density at radius 1 is 1.02 bits per heavy atom. The minimum absolute atomic E-state index is 0.0915. The van der Waals surface area contributed by atoms with Crippen molar-refractivity contribution in [3.05, 3.63) is 51.8 Å². The van der Waals surface area contributed by atoms with Gasteiger partial charge in [0.05, 0.1) is 11.6 Å². The molecule has 2 saturated carbocycles. The molecule has 45 heavy (non-hydrogen) atoms. The third-order valence-corrected chi connectivity index (χ3v) is 11.1. The molecule has 2 aromatic carbocycles. The highest BCUT2D eigenvalue weighted by molar-refractivity contribution is 6.25. The lowest BCUT2D eigenvalue weighted by atomic mass is 9.57. The molecule has 4 N–H and O–H groups in total. The molecule has 0 aromatic heterocycles. The fraction of sp³-hybridized carbons (Fsp3) is 0.528. The maximum Gasteiger partial charge on any atom is 0.202 e. The highest BCUT2D eigenvalue weighted by atomic mass is 16.3. The highest BCUT2D eigenvalue weighted by Crippen LogP contribution is 2.55. The van der Waals surface area contributed by atoms with Crippen molar-refractivity contribution < 1.29 is 34.8 Å². The summed E-state index contributed by atoms with van der Waals surface area (Å²) < 4.78 is 0. The summed E-state index contributed by atoms with van der Waals surface area (Å²) >= 11 is 0. The van der Waals surface area contributed by atoms with Gasteiger partial charge in [-0.05, 0) is 88.1 Å². The fourth-order valence-electron chi connectivity index (χ4n) is 8.83. The van der Waals surface area contributed by atoms with E-state index in [1.807, 2.05) is 31.1 Å². The zero-order valence-corrected chi connectivity index (χ0v) is 27.0. The van der Waals surface area contributed by atoms with Gasteiger partial charge in [0, 0.05) is 42.0 Å². The minimum atomic E-state index is -2.58. The Kier molecular flexibility index (Phi) is 7.44. The summed E-state index contributed by atoms with van der Waals surface area (Å²) in [4.78, 5) is 43.7. The number of fused-ring (bicyclic) bond motifs is 4. The van der Waals surface area contributed by atoms with Gasteiger partial charge in [0.1, 0.15) is 22.8 Å². The molecule has 6 rings (SSSR count). The number of rotatable bonds is 6. The van der Waals surface area contributed by atoms with Gasteiger partial charge in [-0.15, -0.1) is 0 Å². The van der Waals surface area contributed by atoms with E-state index in [1.165, 1.54) is 25.7 Å². The smallest absolute Gasteiger partial charge is 0.202 e. The maximum absolute atomic E-state index is 14.3. The van der Waals surface area contributed by atoms with Crippen molar-refractivity contribution in [2.24, 2.45) is 17.3 Å². The molecule has 240 valence electrons. The van der Waals surface area contributed by atoms with E-state index in [0.29, 0.717) is 16.4 Å².